The summed E-state index contributed by atoms with van der Waals surface area (Å²) >= 11 is 3.22. The third kappa shape index (κ3) is 3.68. The Labute approximate surface area is 130 Å². The van der Waals surface area contributed by atoms with E-state index in [2.05, 4.69) is 32.5 Å². The van der Waals surface area contributed by atoms with E-state index in [0.29, 0.717) is 11.1 Å². The molecule has 0 atom stereocenters. The minimum absolute atomic E-state index is 0.496. The molecule has 0 aliphatic rings. The zero-order chi connectivity index (χ0) is 14.5. The van der Waals surface area contributed by atoms with Crippen LogP contribution in [-0.4, -0.2) is 20.2 Å². The summed E-state index contributed by atoms with van der Waals surface area (Å²) in [7, 11) is 0. The minimum atomic E-state index is 0.496. The maximum atomic E-state index is 5.62. The lowest BCUT2D eigenvalue weighted by molar-refractivity contribution is 0.465. The van der Waals surface area contributed by atoms with Crippen molar-refractivity contribution in [1.82, 2.24) is 20.2 Å². The zero-order valence-corrected chi connectivity index (χ0v) is 13.2. The topological polar surface area (TPSA) is 64.7 Å². The predicted octanol–water partition coefficient (Wildman–Crippen LogP) is 3.83. The molecule has 3 rings (SSSR count). The molecule has 0 radical (unpaired) electrons. The normalized spacial score (nSPS) is 10.9. The van der Waals surface area contributed by atoms with Crippen LogP contribution in [0.5, 0.6) is 0 Å². The van der Waals surface area contributed by atoms with E-state index in [4.69, 9.17) is 4.42 Å². The Kier molecular flexibility index (Phi) is 4.62. The van der Waals surface area contributed by atoms with Gasteiger partial charge in [0, 0.05) is 23.5 Å². The fourth-order valence-electron chi connectivity index (χ4n) is 1.75. The summed E-state index contributed by atoms with van der Waals surface area (Å²) in [5, 5.41) is 11.9. The van der Waals surface area contributed by atoms with Crippen LogP contribution in [0, 0.1) is 0 Å². The molecule has 0 spiro atoms. The van der Waals surface area contributed by atoms with Gasteiger partial charge in [0.15, 0.2) is 0 Å². The summed E-state index contributed by atoms with van der Waals surface area (Å²) in [6, 6.07) is 3.74. The molecule has 0 N–H and O–H groups in total. The van der Waals surface area contributed by atoms with E-state index >= 15 is 0 Å². The van der Waals surface area contributed by atoms with Crippen LogP contribution < -0.4 is 0 Å². The number of nitrogens with zero attached hydrogens (tertiary/aromatic N) is 4. The first-order valence-electron chi connectivity index (χ1n) is 6.65. The summed E-state index contributed by atoms with van der Waals surface area (Å²) in [5.74, 6) is 1.24. The largest absolute Gasteiger partial charge is 0.411 e. The third-order valence-electron chi connectivity index (χ3n) is 2.72. The van der Waals surface area contributed by atoms with Gasteiger partial charge >= 0.3 is 0 Å². The third-order valence-corrected chi connectivity index (χ3v) is 4.53. The molecule has 0 saturated carbocycles. The van der Waals surface area contributed by atoms with Gasteiger partial charge in [0.1, 0.15) is 0 Å². The second-order valence-corrected chi connectivity index (χ2v) is 6.26. The molecule has 0 aromatic carbocycles. The average molecular weight is 318 g/mol. The van der Waals surface area contributed by atoms with Crippen LogP contribution in [0.25, 0.3) is 11.5 Å². The number of thiazole rings is 1. The maximum absolute atomic E-state index is 5.62. The van der Waals surface area contributed by atoms with Gasteiger partial charge in [-0.3, -0.25) is 4.98 Å². The monoisotopic (exact) mass is 318 g/mol. The van der Waals surface area contributed by atoms with Crippen molar-refractivity contribution >= 4 is 23.1 Å². The Bertz CT molecular complexity index is 696. The zero-order valence-electron chi connectivity index (χ0n) is 11.5. The maximum Gasteiger partial charge on any atom is 0.277 e. The fourth-order valence-corrected chi connectivity index (χ4v) is 3.41. The lowest BCUT2D eigenvalue weighted by Crippen LogP contribution is -1.84. The van der Waals surface area contributed by atoms with Crippen LogP contribution in [-0.2, 0) is 12.2 Å². The number of thioether (sulfide) groups is 1. The second kappa shape index (κ2) is 6.82. The molecule has 0 aliphatic carbocycles. The molecule has 21 heavy (non-hydrogen) atoms. The Hall–Kier alpha value is -1.73. The van der Waals surface area contributed by atoms with Crippen molar-refractivity contribution in [3.05, 3.63) is 40.6 Å². The number of rotatable bonds is 6. The van der Waals surface area contributed by atoms with Gasteiger partial charge in [0.05, 0.1) is 16.3 Å². The van der Waals surface area contributed by atoms with Crippen molar-refractivity contribution in [1.29, 1.82) is 0 Å². The number of aryl methyl sites for hydroxylation is 1. The van der Waals surface area contributed by atoms with Crippen LogP contribution in [0.3, 0.4) is 0 Å². The van der Waals surface area contributed by atoms with E-state index in [1.54, 1.807) is 23.7 Å². The molecular formula is C14H14N4OS2. The molecule has 7 heteroatoms. The lowest BCUT2D eigenvalue weighted by Gasteiger charge is -1.93. The first-order chi connectivity index (χ1) is 10.3. The summed E-state index contributed by atoms with van der Waals surface area (Å²) in [6.45, 7) is 2.16. The first-order valence-corrected chi connectivity index (χ1v) is 8.51. The molecule has 3 aromatic rings. The molecule has 0 saturated heterocycles. The van der Waals surface area contributed by atoms with E-state index < -0.39 is 0 Å². The summed E-state index contributed by atoms with van der Waals surface area (Å²) in [6.07, 6.45) is 5.59. The second-order valence-electron chi connectivity index (χ2n) is 4.39. The van der Waals surface area contributed by atoms with Gasteiger partial charge in [-0.15, -0.1) is 21.5 Å². The van der Waals surface area contributed by atoms with Crippen molar-refractivity contribution in [2.24, 2.45) is 0 Å². The number of aromatic nitrogens is 4. The molecule has 0 amide bonds. The van der Waals surface area contributed by atoms with Crippen LogP contribution in [0.1, 0.15) is 24.0 Å². The highest BCUT2D eigenvalue weighted by atomic mass is 32.2. The lowest BCUT2D eigenvalue weighted by atomic mass is 10.3. The number of hydrogen-bond donors (Lipinski definition) is 0. The highest BCUT2D eigenvalue weighted by molar-refractivity contribution is 7.98. The van der Waals surface area contributed by atoms with Crippen LogP contribution >= 0.6 is 23.1 Å². The molecule has 0 aliphatic heterocycles. The van der Waals surface area contributed by atoms with E-state index in [1.165, 1.54) is 16.8 Å². The SMILES string of the molecule is CCCc1nc(CSc2nnc(-c3cccnc3)o2)cs1. The molecule has 0 unspecified atom stereocenters. The van der Waals surface area contributed by atoms with Crippen LogP contribution in [0.15, 0.2) is 39.5 Å². The van der Waals surface area contributed by atoms with E-state index in [9.17, 15) is 0 Å². The molecule has 0 fully saturated rings. The fraction of sp³-hybridized carbons (Fsp3) is 0.286. The van der Waals surface area contributed by atoms with Crippen molar-refractivity contribution in [2.45, 2.75) is 30.7 Å². The molecular weight excluding hydrogens is 304 g/mol. The van der Waals surface area contributed by atoms with Gasteiger partial charge in [0.25, 0.3) is 5.22 Å². The van der Waals surface area contributed by atoms with E-state index in [0.717, 1.165) is 29.9 Å². The quantitative estimate of drug-likeness (QED) is 0.644. The Morgan fingerprint density at radius 3 is 3.10 bits per heavy atom. The smallest absolute Gasteiger partial charge is 0.277 e. The number of hydrogen-bond acceptors (Lipinski definition) is 7. The highest BCUT2D eigenvalue weighted by Gasteiger charge is 2.10. The van der Waals surface area contributed by atoms with Gasteiger partial charge < -0.3 is 4.42 Å². The standard InChI is InChI=1S/C14H14N4OS2/c1-2-4-12-16-11(8-20-12)9-21-14-18-17-13(19-14)10-5-3-6-15-7-10/h3,5-8H,2,4,9H2,1H3. The van der Waals surface area contributed by atoms with Crippen LogP contribution in [0.2, 0.25) is 0 Å². The first kappa shape index (κ1) is 14.2. The van der Waals surface area contributed by atoms with Crippen molar-refractivity contribution in [3.63, 3.8) is 0 Å². The predicted molar refractivity (Wildman–Crippen MR) is 83.2 cm³/mol. The average Bonchev–Trinajstić information content (AvgIpc) is 3.16. The highest BCUT2D eigenvalue weighted by Crippen LogP contribution is 2.25. The minimum Gasteiger partial charge on any atom is -0.411 e. The van der Waals surface area contributed by atoms with Crippen LogP contribution in [0.4, 0.5) is 0 Å². The molecule has 108 valence electrons. The van der Waals surface area contributed by atoms with Gasteiger partial charge in [-0.2, -0.15) is 0 Å². The van der Waals surface area contributed by atoms with Gasteiger partial charge in [-0.05, 0) is 25.0 Å². The van der Waals surface area contributed by atoms with Gasteiger partial charge in [-0.25, -0.2) is 4.98 Å². The van der Waals surface area contributed by atoms with Crippen molar-refractivity contribution in [3.8, 4) is 11.5 Å². The summed E-state index contributed by atoms with van der Waals surface area (Å²) in [5.41, 5.74) is 1.89. The Morgan fingerprint density at radius 2 is 2.29 bits per heavy atom. The van der Waals surface area contributed by atoms with Crippen molar-refractivity contribution in [2.75, 3.05) is 0 Å². The van der Waals surface area contributed by atoms with Crippen molar-refractivity contribution < 1.29 is 4.42 Å². The molecule has 3 aromatic heterocycles. The molecule has 0 bridgehead atoms. The van der Waals surface area contributed by atoms with E-state index in [-0.39, 0.29) is 0 Å². The number of pyridine rings is 1. The summed E-state index contributed by atoms with van der Waals surface area (Å²) < 4.78 is 5.62. The molecule has 3 heterocycles. The summed E-state index contributed by atoms with van der Waals surface area (Å²) in [4.78, 5) is 8.62. The Morgan fingerprint density at radius 1 is 1.33 bits per heavy atom. The van der Waals surface area contributed by atoms with Gasteiger partial charge in [0.2, 0.25) is 5.89 Å². The van der Waals surface area contributed by atoms with Gasteiger partial charge in [-0.1, -0.05) is 18.7 Å². The van der Waals surface area contributed by atoms with E-state index in [1.807, 2.05) is 12.1 Å². The Balaban J connectivity index is 1.62. The molecule has 5 nitrogen and oxygen atoms in total.